The molecule has 0 atom stereocenters. The van der Waals surface area contributed by atoms with Crippen LogP contribution in [0.15, 0.2) is 36.4 Å². The fourth-order valence-electron chi connectivity index (χ4n) is 2.18. The summed E-state index contributed by atoms with van der Waals surface area (Å²) in [6.07, 6.45) is 0. The second-order valence-corrected chi connectivity index (χ2v) is 4.58. The first-order valence-corrected chi connectivity index (χ1v) is 5.87. The van der Waals surface area contributed by atoms with Crippen LogP contribution in [0.4, 0.5) is 4.39 Å². The Hall–Kier alpha value is -1.96. The molecule has 0 heterocycles. The summed E-state index contributed by atoms with van der Waals surface area (Å²) < 4.78 is 14.0. The molecule has 2 aromatic rings. The maximum Gasteiger partial charge on any atom is 0.159 e. The van der Waals surface area contributed by atoms with Gasteiger partial charge in [0, 0.05) is 11.1 Å². The number of halogens is 1. The van der Waals surface area contributed by atoms with E-state index in [1.165, 1.54) is 13.0 Å². The normalized spacial score (nSPS) is 10.4. The number of benzene rings is 2. The number of hydrogen-bond donors (Lipinski definition) is 0. The molecule has 0 bridgehead atoms. The van der Waals surface area contributed by atoms with Crippen molar-refractivity contribution in [2.45, 2.75) is 20.8 Å². The molecule has 1 nitrogen and oxygen atoms in total. The highest BCUT2D eigenvalue weighted by Gasteiger charge is 2.10. The highest BCUT2D eigenvalue weighted by Crippen LogP contribution is 2.28. The van der Waals surface area contributed by atoms with Crippen LogP contribution in [0.2, 0.25) is 0 Å². The van der Waals surface area contributed by atoms with E-state index in [9.17, 15) is 9.18 Å². The fraction of sp³-hybridized carbons (Fsp3) is 0.188. The van der Waals surface area contributed by atoms with Gasteiger partial charge in [-0.1, -0.05) is 24.3 Å². The summed E-state index contributed by atoms with van der Waals surface area (Å²) >= 11 is 0. The number of carbonyl (C=O) groups is 1. The molecule has 0 N–H and O–H groups in total. The third-order valence-electron chi connectivity index (χ3n) is 2.99. The topological polar surface area (TPSA) is 17.1 Å². The minimum absolute atomic E-state index is 0.0120. The van der Waals surface area contributed by atoms with Crippen molar-refractivity contribution in [3.8, 4) is 11.1 Å². The Morgan fingerprint density at radius 1 is 1.11 bits per heavy atom. The van der Waals surface area contributed by atoms with Crippen LogP contribution < -0.4 is 0 Å². The molecule has 2 heteroatoms. The van der Waals surface area contributed by atoms with Crippen molar-refractivity contribution in [1.29, 1.82) is 0 Å². The van der Waals surface area contributed by atoms with Crippen LogP contribution in [-0.2, 0) is 0 Å². The summed E-state index contributed by atoms with van der Waals surface area (Å²) in [5, 5.41) is 0. The first-order valence-electron chi connectivity index (χ1n) is 5.87. The van der Waals surface area contributed by atoms with Crippen LogP contribution in [-0.4, -0.2) is 5.78 Å². The predicted octanol–water partition coefficient (Wildman–Crippen LogP) is 4.31. The Labute approximate surface area is 106 Å². The van der Waals surface area contributed by atoms with Crippen LogP contribution in [0.1, 0.15) is 28.4 Å². The van der Waals surface area contributed by atoms with E-state index in [0.717, 1.165) is 16.7 Å². The van der Waals surface area contributed by atoms with Gasteiger partial charge in [-0.2, -0.15) is 0 Å². The van der Waals surface area contributed by atoms with Crippen molar-refractivity contribution in [1.82, 2.24) is 0 Å². The van der Waals surface area contributed by atoms with E-state index in [1.807, 2.05) is 26.0 Å². The second kappa shape index (κ2) is 4.73. The monoisotopic (exact) mass is 242 g/mol. The summed E-state index contributed by atoms with van der Waals surface area (Å²) in [4.78, 5) is 11.4. The van der Waals surface area contributed by atoms with Crippen molar-refractivity contribution in [2.24, 2.45) is 0 Å². The van der Waals surface area contributed by atoms with Gasteiger partial charge >= 0.3 is 0 Å². The molecule has 0 saturated heterocycles. The van der Waals surface area contributed by atoms with Gasteiger partial charge in [-0.15, -0.1) is 0 Å². The Morgan fingerprint density at radius 3 is 2.44 bits per heavy atom. The van der Waals surface area contributed by atoms with E-state index in [2.05, 4.69) is 0 Å². The van der Waals surface area contributed by atoms with Crippen molar-refractivity contribution in [3.05, 3.63) is 58.9 Å². The van der Waals surface area contributed by atoms with Crippen molar-refractivity contribution < 1.29 is 9.18 Å². The number of carbonyl (C=O) groups excluding carboxylic acids is 1. The molecule has 2 rings (SSSR count). The van der Waals surface area contributed by atoms with E-state index in [-0.39, 0.29) is 11.6 Å². The third-order valence-corrected chi connectivity index (χ3v) is 2.99. The number of Topliss-reactive ketones (excluding diaryl/α,β-unsaturated/α-hetero) is 1. The molecule has 2 aromatic carbocycles. The summed E-state index contributed by atoms with van der Waals surface area (Å²) in [6, 6.07) is 10.6. The van der Waals surface area contributed by atoms with Gasteiger partial charge in [0.1, 0.15) is 5.82 Å². The molecule has 0 fully saturated rings. The predicted molar refractivity (Wildman–Crippen MR) is 71.3 cm³/mol. The first-order chi connectivity index (χ1) is 8.49. The van der Waals surface area contributed by atoms with Crippen molar-refractivity contribution in [3.63, 3.8) is 0 Å². The quantitative estimate of drug-likeness (QED) is 0.717. The van der Waals surface area contributed by atoms with Crippen molar-refractivity contribution >= 4 is 5.78 Å². The smallest absolute Gasteiger partial charge is 0.159 e. The van der Waals surface area contributed by atoms with E-state index in [0.29, 0.717) is 11.1 Å². The third kappa shape index (κ3) is 2.33. The highest BCUT2D eigenvalue weighted by molar-refractivity contribution is 5.95. The van der Waals surface area contributed by atoms with E-state index in [4.69, 9.17) is 0 Å². The van der Waals surface area contributed by atoms with Crippen LogP contribution in [0, 0.1) is 19.7 Å². The van der Waals surface area contributed by atoms with Crippen LogP contribution >= 0.6 is 0 Å². The summed E-state index contributed by atoms with van der Waals surface area (Å²) in [7, 11) is 0. The Balaban J connectivity index is 2.62. The molecular weight excluding hydrogens is 227 g/mol. The molecule has 92 valence electrons. The van der Waals surface area contributed by atoms with Gasteiger partial charge in [-0.25, -0.2) is 4.39 Å². The van der Waals surface area contributed by atoms with Gasteiger partial charge in [-0.3, -0.25) is 4.79 Å². The molecular formula is C16H15FO. The average molecular weight is 242 g/mol. The molecule has 0 unspecified atom stereocenters. The van der Waals surface area contributed by atoms with Crippen molar-refractivity contribution in [2.75, 3.05) is 0 Å². The molecule has 0 amide bonds. The number of ketones is 1. The van der Waals surface area contributed by atoms with E-state index < -0.39 is 0 Å². The Kier molecular flexibility index (Phi) is 3.28. The lowest BCUT2D eigenvalue weighted by Gasteiger charge is -2.10. The second-order valence-electron chi connectivity index (χ2n) is 4.58. The van der Waals surface area contributed by atoms with Crippen LogP contribution in [0.25, 0.3) is 11.1 Å². The molecule has 0 radical (unpaired) electrons. The Morgan fingerprint density at radius 2 is 1.83 bits per heavy atom. The lowest BCUT2D eigenvalue weighted by molar-refractivity contribution is 0.101. The Bertz CT molecular complexity index is 591. The van der Waals surface area contributed by atoms with Gasteiger partial charge in [0.15, 0.2) is 5.78 Å². The SMILES string of the molecule is CC(=O)c1cccc(-c2c(C)cc(C)cc2F)c1. The molecule has 0 aliphatic rings. The zero-order valence-electron chi connectivity index (χ0n) is 10.8. The standard InChI is InChI=1S/C16H15FO/c1-10-7-11(2)16(15(17)8-10)14-6-4-5-13(9-14)12(3)18/h4-9H,1-3H3. The number of rotatable bonds is 2. The van der Waals surface area contributed by atoms with Gasteiger partial charge in [0.2, 0.25) is 0 Å². The lowest BCUT2D eigenvalue weighted by atomic mass is 9.96. The average Bonchev–Trinajstić information content (AvgIpc) is 2.28. The van der Waals surface area contributed by atoms with Crippen LogP contribution in [0.3, 0.4) is 0 Å². The number of hydrogen-bond acceptors (Lipinski definition) is 1. The van der Waals surface area contributed by atoms with Crippen LogP contribution in [0.5, 0.6) is 0 Å². The minimum Gasteiger partial charge on any atom is -0.295 e. The summed E-state index contributed by atoms with van der Waals surface area (Å²) in [5.41, 5.74) is 3.71. The highest BCUT2D eigenvalue weighted by atomic mass is 19.1. The molecule has 0 saturated carbocycles. The largest absolute Gasteiger partial charge is 0.295 e. The molecule has 18 heavy (non-hydrogen) atoms. The van der Waals surface area contributed by atoms with E-state index in [1.54, 1.807) is 18.2 Å². The summed E-state index contributed by atoms with van der Waals surface area (Å²) in [5.74, 6) is -0.254. The van der Waals surface area contributed by atoms with E-state index >= 15 is 0 Å². The van der Waals surface area contributed by atoms with Gasteiger partial charge < -0.3 is 0 Å². The molecule has 0 aliphatic heterocycles. The zero-order chi connectivity index (χ0) is 13.3. The summed E-state index contributed by atoms with van der Waals surface area (Å²) in [6.45, 7) is 5.26. The first kappa shape index (κ1) is 12.5. The molecule has 0 aromatic heterocycles. The molecule has 0 aliphatic carbocycles. The number of aryl methyl sites for hydroxylation is 2. The zero-order valence-corrected chi connectivity index (χ0v) is 10.8. The maximum atomic E-state index is 14.0. The molecule has 0 spiro atoms. The minimum atomic E-state index is -0.242. The van der Waals surface area contributed by atoms with Gasteiger partial charge in [0.25, 0.3) is 0 Å². The maximum absolute atomic E-state index is 14.0. The van der Waals surface area contributed by atoms with Gasteiger partial charge in [0.05, 0.1) is 0 Å². The van der Waals surface area contributed by atoms with Gasteiger partial charge in [-0.05, 0) is 49.6 Å². The fourth-order valence-corrected chi connectivity index (χ4v) is 2.18. The lowest BCUT2D eigenvalue weighted by Crippen LogP contribution is -1.95.